The highest BCUT2D eigenvalue weighted by atomic mass is 16.6. The van der Waals surface area contributed by atoms with Crippen molar-refractivity contribution in [1.29, 1.82) is 0 Å². The van der Waals surface area contributed by atoms with Crippen LogP contribution in [0.2, 0.25) is 0 Å². The number of aromatic hydroxyl groups is 1. The molecule has 0 bridgehead atoms. The number of carboxylic acid groups (broad SMARTS) is 1. The predicted octanol–water partition coefficient (Wildman–Crippen LogP) is 3.31. The third-order valence-electron chi connectivity index (χ3n) is 4.73. The molecule has 184 valence electrons. The van der Waals surface area contributed by atoms with Crippen molar-refractivity contribution in [3.8, 4) is 17.2 Å². The molecule has 0 radical (unpaired) electrons. The molecule has 0 aliphatic heterocycles. The van der Waals surface area contributed by atoms with Crippen molar-refractivity contribution in [2.75, 3.05) is 7.11 Å². The highest BCUT2D eigenvalue weighted by molar-refractivity contribution is 6.10. The first-order valence-corrected chi connectivity index (χ1v) is 10.7. The van der Waals surface area contributed by atoms with Crippen molar-refractivity contribution in [2.45, 2.75) is 32.3 Å². The van der Waals surface area contributed by atoms with Crippen LogP contribution in [0.15, 0.2) is 48.6 Å². The minimum Gasteiger partial charge on any atom is -0.508 e. The fourth-order valence-electron chi connectivity index (χ4n) is 2.93. The van der Waals surface area contributed by atoms with Crippen LogP contribution in [0.3, 0.4) is 0 Å². The lowest BCUT2D eigenvalue weighted by Crippen LogP contribution is -2.09. The molecular weight excluding hydrogens is 456 g/mol. The van der Waals surface area contributed by atoms with Gasteiger partial charge in [0.2, 0.25) is 0 Å². The Morgan fingerprint density at radius 3 is 2.11 bits per heavy atom. The van der Waals surface area contributed by atoms with Gasteiger partial charge in [-0.3, -0.25) is 19.2 Å². The van der Waals surface area contributed by atoms with Gasteiger partial charge in [-0.2, -0.15) is 0 Å². The number of carbonyl (C=O) groups excluding carboxylic acids is 3. The standard InChI is InChI=1S/C26H26O9/c1-34-24-14-18(8-12-23(24)35-26(33)4-2-3-25(31)32)6-10-21(29)15-20(28)9-5-17-7-11-22(30)19(13-17)16-27/h5-14,27,30H,2-4,15-16H2,1H3,(H,31,32). The molecule has 3 N–H and O–H groups in total. The van der Waals surface area contributed by atoms with E-state index in [1.165, 1.54) is 49.6 Å². The highest BCUT2D eigenvalue weighted by Crippen LogP contribution is 2.29. The van der Waals surface area contributed by atoms with Gasteiger partial charge in [0.1, 0.15) is 5.75 Å². The molecule has 0 unspecified atom stereocenters. The Bertz CT molecular complexity index is 1150. The Morgan fingerprint density at radius 1 is 0.886 bits per heavy atom. The SMILES string of the molecule is COc1cc(C=CC(=O)CC(=O)C=Cc2ccc(O)c(CO)c2)ccc1OC(=O)CCCC(=O)O. The van der Waals surface area contributed by atoms with Gasteiger partial charge in [-0.15, -0.1) is 0 Å². The monoisotopic (exact) mass is 482 g/mol. The van der Waals surface area contributed by atoms with E-state index >= 15 is 0 Å². The summed E-state index contributed by atoms with van der Waals surface area (Å²) in [5, 5.41) is 27.4. The molecule has 0 fully saturated rings. The summed E-state index contributed by atoms with van der Waals surface area (Å²) in [5.41, 5.74) is 1.50. The minimum absolute atomic E-state index is 0.0464. The molecule has 0 atom stereocenters. The number of aliphatic hydroxyl groups is 1. The van der Waals surface area contributed by atoms with Crippen molar-refractivity contribution in [3.05, 3.63) is 65.2 Å². The maximum Gasteiger partial charge on any atom is 0.311 e. The van der Waals surface area contributed by atoms with Gasteiger partial charge in [0.05, 0.1) is 20.1 Å². The Kier molecular flexibility index (Phi) is 10.4. The predicted molar refractivity (Wildman–Crippen MR) is 127 cm³/mol. The molecule has 0 aromatic heterocycles. The van der Waals surface area contributed by atoms with Gasteiger partial charge in [0.15, 0.2) is 23.1 Å². The maximum absolute atomic E-state index is 12.1. The fraction of sp³-hybridized carbons (Fsp3) is 0.231. The molecule has 9 nitrogen and oxygen atoms in total. The van der Waals surface area contributed by atoms with Crippen LogP contribution < -0.4 is 9.47 Å². The highest BCUT2D eigenvalue weighted by Gasteiger charge is 2.12. The number of carbonyl (C=O) groups is 4. The summed E-state index contributed by atoms with van der Waals surface area (Å²) in [5.74, 6) is -2.05. The summed E-state index contributed by atoms with van der Waals surface area (Å²) < 4.78 is 10.4. The number of aliphatic carboxylic acids is 1. The van der Waals surface area contributed by atoms with Crippen LogP contribution in [0.5, 0.6) is 17.2 Å². The largest absolute Gasteiger partial charge is 0.508 e. The summed E-state index contributed by atoms with van der Waals surface area (Å²) in [4.78, 5) is 46.6. The first-order chi connectivity index (χ1) is 16.7. The van der Waals surface area contributed by atoms with Gasteiger partial charge in [-0.1, -0.05) is 24.3 Å². The number of esters is 1. The van der Waals surface area contributed by atoms with Crippen molar-refractivity contribution in [3.63, 3.8) is 0 Å². The van der Waals surface area contributed by atoms with E-state index in [4.69, 9.17) is 14.6 Å². The normalized spacial score (nSPS) is 11.0. The zero-order valence-corrected chi connectivity index (χ0v) is 19.1. The molecule has 0 aliphatic carbocycles. The lowest BCUT2D eigenvalue weighted by atomic mass is 10.1. The van der Waals surface area contributed by atoms with Crippen LogP contribution in [0.1, 0.15) is 42.4 Å². The lowest BCUT2D eigenvalue weighted by molar-refractivity contribution is -0.138. The Labute approximate surface area is 201 Å². The van der Waals surface area contributed by atoms with Gasteiger partial charge in [-0.05, 0) is 54.0 Å². The molecule has 2 aromatic rings. The van der Waals surface area contributed by atoms with E-state index in [0.717, 1.165) is 0 Å². The number of phenols is 1. The number of ketones is 2. The molecule has 2 aromatic carbocycles. The quantitative estimate of drug-likeness (QED) is 0.169. The second-order valence-corrected chi connectivity index (χ2v) is 7.45. The van der Waals surface area contributed by atoms with Crippen molar-refractivity contribution < 1.29 is 44.0 Å². The number of allylic oxidation sites excluding steroid dienone is 2. The van der Waals surface area contributed by atoms with Crippen molar-refractivity contribution >= 4 is 35.7 Å². The van der Waals surface area contributed by atoms with E-state index in [2.05, 4.69) is 0 Å². The fourth-order valence-corrected chi connectivity index (χ4v) is 2.93. The van der Waals surface area contributed by atoms with E-state index in [1.807, 2.05) is 0 Å². The van der Waals surface area contributed by atoms with E-state index in [9.17, 15) is 29.4 Å². The number of methoxy groups -OCH3 is 1. The van der Waals surface area contributed by atoms with Gasteiger partial charge < -0.3 is 24.8 Å². The van der Waals surface area contributed by atoms with Gasteiger partial charge >= 0.3 is 11.9 Å². The first kappa shape index (κ1) is 27.0. The van der Waals surface area contributed by atoms with E-state index in [-0.39, 0.29) is 49.5 Å². The average molecular weight is 482 g/mol. The van der Waals surface area contributed by atoms with Gasteiger partial charge in [0, 0.05) is 18.4 Å². The van der Waals surface area contributed by atoms with Crippen molar-refractivity contribution in [2.24, 2.45) is 0 Å². The number of carboxylic acids is 1. The summed E-state index contributed by atoms with van der Waals surface area (Å²) in [6.07, 6.45) is 5.11. The zero-order chi connectivity index (χ0) is 25.8. The third kappa shape index (κ3) is 9.26. The molecule has 0 saturated carbocycles. The number of benzene rings is 2. The van der Waals surface area contributed by atoms with E-state index in [0.29, 0.717) is 16.7 Å². The molecule has 0 saturated heterocycles. The molecule has 35 heavy (non-hydrogen) atoms. The molecule has 2 rings (SSSR count). The Balaban J connectivity index is 1.94. The lowest BCUT2D eigenvalue weighted by Gasteiger charge is -2.09. The number of ether oxygens (including phenoxy) is 2. The maximum atomic E-state index is 12.1. The van der Waals surface area contributed by atoms with E-state index in [1.54, 1.807) is 18.2 Å². The minimum atomic E-state index is -0.993. The Morgan fingerprint density at radius 2 is 1.51 bits per heavy atom. The topological polar surface area (TPSA) is 147 Å². The summed E-state index contributed by atoms with van der Waals surface area (Å²) in [6.45, 7) is -0.342. The molecule has 0 aliphatic rings. The van der Waals surface area contributed by atoms with Gasteiger partial charge in [0.25, 0.3) is 0 Å². The molecular formula is C26H26O9. The number of hydrogen-bond donors (Lipinski definition) is 3. The summed E-state index contributed by atoms with van der Waals surface area (Å²) >= 11 is 0. The number of hydrogen-bond acceptors (Lipinski definition) is 8. The zero-order valence-electron chi connectivity index (χ0n) is 19.1. The van der Waals surface area contributed by atoms with Crippen LogP contribution in [-0.2, 0) is 25.8 Å². The first-order valence-electron chi connectivity index (χ1n) is 10.7. The summed E-state index contributed by atoms with van der Waals surface area (Å²) in [7, 11) is 1.39. The van der Waals surface area contributed by atoms with Crippen LogP contribution in [0.4, 0.5) is 0 Å². The Hall–Kier alpha value is -4.24. The second kappa shape index (κ2) is 13.5. The summed E-state index contributed by atoms with van der Waals surface area (Å²) in [6, 6.07) is 9.15. The van der Waals surface area contributed by atoms with E-state index < -0.39 is 23.5 Å². The van der Waals surface area contributed by atoms with Crippen LogP contribution >= 0.6 is 0 Å². The second-order valence-electron chi connectivity index (χ2n) is 7.45. The number of aliphatic hydroxyl groups excluding tert-OH is 1. The van der Waals surface area contributed by atoms with Crippen LogP contribution in [0, 0.1) is 0 Å². The van der Waals surface area contributed by atoms with Gasteiger partial charge in [-0.25, -0.2) is 0 Å². The van der Waals surface area contributed by atoms with Crippen LogP contribution in [-0.4, -0.2) is 45.9 Å². The molecule has 9 heteroatoms. The van der Waals surface area contributed by atoms with Crippen LogP contribution in [0.25, 0.3) is 12.2 Å². The molecule has 0 spiro atoms. The molecule has 0 amide bonds. The third-order valence-corrected chi connectivity index (χ3v) is 4.73. The average Bonchev–Trinajstić information content (AvgIpc) is 2.82. The van der Waals surface area contributed by atoms with Crippen molar-refractivity contribution in [1.82, 2.24) is 0 Å². The smallest absolute Gasteiger partial charge is 0.311 e. The molecule has 0 heterocycles. The number of rotatable bonds is 13.